The van der Waals surface area contributed by atoms with E-state index in [2.05, 4.69) is 20.4 Å². The quantitative estimate of drug-likeness (QED) is 0.445. The lowest BCUT2D eigenvalue weighted by Crippen LogP contribution is -2.48. The van der Waals surface area contributed by atoms with Gasteiger partial charge in [-0.05, 0) is 49.6 Å². The largest absolute Gasteiger partial charge is 0.416 e. The molecule has 36 heavy (non-hydrogen) atoms. The van der Waals surface area contributed by atoms with Gasteiger partial charge in [-0.1, -0.05) is 6.92 Å². The van der Waals surface area contributed by atoms with E-state index >= 15 is 0 Å². The maximum atomic E-state index is 13.4. The van der Waals surface area contributed by atoms with Crippen molar-refractivity contribution in [3.05, 3.63) is 59.7 Å². The second kappa shape index (κ2) is 10.1. The lowest BCUT2D eigenvalue weighted by molar-refractivity contribution is -0.143. The molecule has 0 bridgehead atoms. The molecule has 194 valence electrons. The number of nitrogens with zero attached hydrogens (tertiary/aromatic N) is 5. The molecular weight excluding hydrogens is 486 g/mol. The van der Waals surface area contributed by atoms with Crippen LogP contribution >= 0.6 is 0 Å². The topological polar surface area (TPSA) is 58.9 Å². The van der Waals surface area contributed by atoms with Crippen LogP contribution < -0.4 is 10.2 Å². The Morgan fingerprint density at radius 1 is 0.972 bits per heavy atom. The molecule has 1 aliphatic heterocycles. The van der Waals surface area contributed by atoms with Crippen LogP contribution in [-0.2, 0) is 25.9 Å². The predicted octanol–water partition coefficient (Wildman–Crippen LogP) is 5.45. The van der Waals surface area contributed by atoms with Gasteiger partial charge in [0, 0.05) is 55.4 Å². The number of aryl methyl sites for hydroxylation is 1. The van der Waals surface area contributed by atoms with Crippen molar-refractivity contribution in [1.82, 2.24) is 25.1 Å². The van der Waals surface area contributed by atoms with E-state index in [1.54, 1.807) is 41.4 Å². The SMILES string of the molecule is CC[C@@H]1C[C@H](N(Cc2cc(C(F)(F)F)cc(C(F)(F)F)c2)c2ncc(-c3cnn(C)c3)cn2)CCN1. The summed E-state index contributed by atoms with van der Waals surface area (Å²) in [6.45, 7) is 2.50. The van der Waals surface area contributed by atoms with Crippen LogP contribution in [0.25, 0.3) is 11.1 Å². The van der Waals surface area contributed by atoms with Gasteiger partial charge in [0.05, 0.1) is 17.3 Å². The highest BCUT2D eigenvalue weighted by Crippen LogP contribution is 2.37. The van der Waals surface area contributed by atoms with Gasteiger partial charge < -0.3 is 10.2 Å². The first kappa shape index (κ1) is 25.9. The Morgan fingerprint density at radius 3 is 2.14 bits per heavy atom. The van der Waals surface area contributed by atoms with E-state index < -0.39 is 23.5 Å². The van der Waals surface area contributed by atoms with Gasteiger partial charge in [-0.25, -0.2) is 9.97 Å². The van der Waals surface area contributed by atoms with Crippen LogP contribution in [0.5, 0.6) is 0 Å². The monoisotopic (exact) mass is 512 g/mol. The van der Waals surface area contributed by atoms with Crippen LogP contribution in [0.15, 0.2) is 43.0 Å². The molecule has 4 rings (SSSR count). The number of anilines is 1. The Morgan fingerprint density at radius 2 is 1.61 bits per heavy atom. The fourth-order valence-electron chi connectivity index (χ4n) is 4.44. The molecular formula is C24H26F6N6. The summed E-state index contributed by atoms with van der Waals surface area (Å²) in [4.78, 5) is 10.6. The van der Waals surface area contributed by atoms with Gasteiger partial charge in [0.25, 0.3) is 0 Å². The van der Waals surface area contributed by atoms with Crippen molar-refractivity contribution in [2.24, 2.45) is 7.05 Å². The van der Waals surface area contributed by atoms with Gasteiger partial charge in [0.15, 0.2) is 0 Å². The van der Waals surface area contributed by atoms with Crippen molar-refractivity contribution in [3.63, 3.8) is 0 Å². The zero-order valence-electron chi connectivity index (χ0n) is 19.7. The second-order valence-electron chi connectivity index (χ2n) is 8.95. The summed E-state index contributed by atoms with van der Waals surface area (Å²) in [5, 5.41) is 7.50. The summed E-state index contributed by atoms with van der Waals surface area (Å²) in [5.41, 5.74) is -1.30. The first-order chi connectivity index (χ1) is 16.9. The fraction of sp³-hybridized carbons (Fsp3) is 0.458. The molecule has 0 saturated carbocycles. The number of alkyl halides is 6. The van der Waals surface area contributed by atoms with Crippen molar-refractivity contribution in [3.8, 4) is 11.1 Å². The number of piperidine rings is 1. The van der Waals surface area contributed by atoms with E-state index in [0.717, 1.165) is 24.1 Å². The van der Waals surface area contributed by atoms with E-state index in [1.165, 1.54) is 0 Å². The molecule has 0 aliphatic carbocycles. The standard InChI is InChI=1S/C24H26F6N6/c1-3-20-9-21(4-5-31-20)36(22-32-10-16(11-33-22)17-12-34-35(2)14-17)13-15-6-18(23(25,26)27)8-19(7-15)24(28,29)30/h6-8,10-12,14,20-21,31H,3-5,9,13H2,1-2H3/t20-,21-/m1/s1. The highest BCUT2D eigenvalue weighted by Gasteiger charge is 2.37. The van der Waals surface area contributed by atoms with Crippen molar-refractivity contribution in [2.45, 2.75) is 57.2 Å². The maximum absolute atomic E-state index is 13.4. The van der Waals surface area contributed by atoms with E-state index in [9.17, 15) is 26.3 Å². The molecule has 2 atom stereocenters. The minimum absolute atomic E-state index is 0.108. The van der Waals surface area contributed by atoms with Gasteiger partial charge >= 0.3 is 12.4 Å². The molecule has 3 heterocycles. The minimum Gasteiger partial charge on any atom is -0.333 e. The zero-order chi connectivity index (χ0) is 26.1. The van der Waals surface area contributed by atoms with E-state index in [1.807, 2.05) is 6.92 Å². The third-order valence-corrected chi connectivity index (χ3v) is 6.33. The van der Waals surface area contributed by atoms with Crippen molar-refractivity contribution >= 4 is 5.95 Å². The second-order valence-corrected chi connectivity index (χ2v) is 8.95. The first-order valence-corrected chi connectivity index (χ1v) is 11.5. The maximum Gasteiger partial charge on any atom is 0.416 e. The van der Waals surface area contributed by atoms with E-state index in [0.29, 0.717) is 24.9 Å². The summed E-state index contributed by atoms with van der Waals surface area (Å²) < 4.78 is 82.2. The van der Waals surface area contributed by atoms with Crippen molar-refractivity contribution in [1.29, 1.82) is 0 Å². The Labute approximate surface area is 204 Å². The molecule has 12 heteroatoms. The summed E-state index contributed by atoms with van der Waals surface area (Å²) in [6, 6.07) is 1.69. The lowest BCUT2D eigenvalue weighted by atomic mass is 9.95. The Kier molecular flexibility index (Phi) is 7.26. The van der Waals surface area contributed by atoms with Crippen molar-refractivity contribution < 1.29 is 26.3 Å². The van der Waals surface area contributed by atoms with Crippen molar-refractivity contribution in [2.75, 3.05) is 11.4 Å². The average molecular weight is 513 g/mol. The van der Waals surface area contributed by atoms with Crippen LogP contribution in [0.2, 0.25) is 0 Å². The molecule has 1 fully saturated rings. The highest BCUT2D eigenvalue weighted by atomic mass is 19.4. The minimum atomic E-state index is -4.91. The van der Waals surface area contributed by atoms with Gasteiger partial charge in [-0.3, -0.25) is 4.68 Å². The highest BCUT2D eigenvalue weighted by molar-refractivity contribution is 5.60. The number of benzene rings is 1. The summed E-state index contributed by atoms with van der Waals surface area (Å²) in [7, 11) is 1.77. The molecule has 2 aromatic heterocycles. The van der Waals surface area contributed by atoms with Gasteiger partial charge in [-0.15, -0.1) is 0 Å². The van der Waals surface area contributed by atoms with Gasteiger partial charge in [-0.2, -0.15) is 31.4 Å². The molecule has 6 nitrogen and oxygen atoms in total. The van der Waals surface area contributed by atoms with Gasteiger partial charge in [0.1, 0.15) is 0 Å². The lowest BCUT2D eigenvalue weighted by Gasteiger charge is -2.38. The first-order valence-electron chi connectivity index (χ1n) is 11.5. The molecule has 1 N–H and O–H groups in total. The number of nitrogens with one attached hydrogen (secondary N) is 1. The molecule has 1 saturated heterocycles. The molecule has 1 aliphatic rings. The molecule has 0 spiro atoms. The number of aromatic nitrogens is 4. The van der Waals surface area contributed by atoms with Crippen LogP contribution in [0.3, 0.4) is 0 Å². The number of hydrogen-bond donors (Lipinski definition) is 1. The molecule has 1 aromatic carbocycles. The smallest absolute Gasteiger partial charge is 0.333 e. The Balaban J connectivity index is 1.72. The molecule has 0 amide bonds. The molecule has 3 aromatic rings. The van der Waals surface area contributed by atoms with E-state index in [4.69, 9.17) is 0 Å². The fourth-order valence-corrected chi connectivity index (χ4v) is 4.44. The van der Waals surface area contributed by atoms with Crippen LogP contribution in [0, 0.1) is 0 Å². The normalized spacial score (nSPS) is 18.9. The van der Waals surface area contributed by atoms with Crippen LogP contribution in [0.1, 0.15) is 42.9 Å². The van der Waals surface area contributed by atoms with Gasteiger partial charge in [0.2, 0.25) is 5.95 Å². The zero-order valence-corrected chi connectivity index (χ0v) is 19.7. The predicted molar refractivity (Wildman–Crippen MR) is 122 cm³/mol. The van der Waals surface area contributed by atoms with Crippen LogP contribution in [0.4, 0.5) is 32.3 Å². The summed E-state index contributed by atoms with van der Waals surface area (Å²) in [5.74, 6) is 0.246. The van der Waals surface area contributed by atoms with Crippen LogP contribution in [-0.4, -0.2) is 38.4 Å². The third-order valence-electron chi connectivity index (χ3n) is 6.33. The number of rotatable bonds is 6. The van der Waals surface area contributed by atoms with E-state index in [-0.39, 0.29) is 36.2 Å². The Hall–Kier alpha value is -3.15. The third kappa shape index (κ3) is 5.97. The summed E-state index contributed by atoms with van der Waals surface area (Å²) >= 11 is 0. The number of halogens is 6. The molecule has 0 radical (unpaired) electrons. The molecule has 0 unspecified atom stereocenters. The Bertz CT molecular complexity index is 1140. The average Bonchev–Trinajstić information content (AvgIpc) is 3.27. The number of hydrogen-bond acceptors (Lipinski definition) is 5. The summed E-state index contributed by atoms with van der Waals surface area (Å²) in [6.07, 6.45) is -1.07.